The number of ketones is 1. The van der Waals surface area contributed by atoms with Crippen molar-refractivity contribution in [2.24, 2.45) is 0 Å². The van der Waals surface area contributed by atoms with Crippen LogP contribution in [0.15, 0.2) is 36.4 Å². The number of hydrogen-bond donors (Lipinski definition) is 1. The standard InChI is InChI=1S/C27H35N7O2/c1-20-9-11-23-25(18-20)33(31-29-23)16-13-22(35)8-6-4-3-5-7-15-28-27(36)14-17-34-26-19-21(2)10-12-24(26)30-32-34/h9-12,18-19H,3-8,13-17H2,1-2H3,(H,28,36). The summed E-state index contributed by atoms with van der Waals surface area (Å²) in [6.07, 6.45) is 6.49. The van der Waals surface area contributed by atoms with Gasteiger partial charge in [-0.25, -0.2) is 9.36 Å². The summed E-state index contributed by atoms with van der Waals surface area (Å²) >= 11 is 0. The maximum Gasteiger partial charge on any atom is 0.221 e. The molecular weight excluding hydrogens is 454 g/mol. The van der Waals surface area contributed by atoms with Crippen molar-refractivity contribution in [1.29, 1.82) is 0 Å². The van der Waals surface area contributed by atoms with Crippen LogP contribution in [0.2, 0.25) is 0 Å². The van der Waals surface area contributed by atoms with Crippen LogP contribution in [0, 0.1) is 13.8 Å². The molecule has 2 aromatic carbocycles. The number of benzene rings is 2. The Kier molecular flexibility index (Phi) is 8.76. The lowest BCUT2D eigenvalue weighted by molar-refractivity contribution is -0.121. The van der Waals surface area contributed by atoms with Gasteiger partial charge in [-0.1, -0.05) is 41.8 Å². The fraction of sp³-hybridized carbons (Fsp3) is 0.481. The predicted octanol–water partition coefficient (Wildman–Crippen LogP) is 4.30. The summed E-state index contributed by atoms with van der Waals surface area (Å²) in [5.74, 6) is 0.307. The van der Waals surface area contributed by atoms with E-state index in [9.17, 15) is 9.59 Å². The minimum absolute atomic E-state index is 0.0345. The van der Waals surface area contributed by atoms with Gasteiger partial charge in [-0.15, -0.1) is 10.2 Å². The van der Waals surface area contributed by atoms with Gasteiger partial charge in [0, 0.05) is 25.8 Å². The molecule has 0 saturated heterocycles. The molecule has 9 nitrogen and oxygen atoms in total. The zero-order valence-electron chi connectivity index (χ0n) is 21.2. The van der Waals surface area contributed by atoms with Crippen LogP contribution < -0.4 is 5.32 Å². The summed E-state index contributed by atoms with van der Waals surface area (Å²) < 4.78 is 3.61. The van der Waals surface area contributed by atoms with Gasteiger partial charge in [0.15, 0.2) is 0 Å². The number of Topliss-reactive ketones (excluding diaryl/α,β-unsaturated/α-hetero) is 1. The lowest BCUT2D eigenvalue weighted by Crippen LogP contribution is -2.25. The van der Waals surface area contributed by atoms with Gasteiger partial charge < -0.3 is 5.32 Å². The van der Waals surface area contributed by atoms with Crippen molar-refractivity contribution in [2.75, 3.05) is 6.54 Å². The van der Waals surface area contributed by atoms with E-state index in [1.54, 1.807) is 4.68 Å². The van der Waals surface area contributed by atoms with E-state index in [1.165, 1.54) is 0 Å². The molecule has 1 N–H and O–H groups in total. The smallest absolute Gasteiger partial charge is 0.221 e. The second-order valence-electron chi connectivity index (χ2n) is 9.52. The maximum atomic E-state index is 12.3. The first-order chi connectivity index (χ1) is 17.5. The molecule has 4 rings (SSSR count). The Bertz CT molecular complexity index is 1220. The molecule has 0 radical (unpaired) electrons. The van der Waals surface area contributed by atoms with E-state index in [-0.39, 0.29) is 11.7 Å². The number of rotatable bonds is 14. The number of aryl methyl sites for hydroxylation is 4. The van der Waals surface area contributed by atoms with E-state index in [2.05, 4.69) is 32.0 Å². The average Bonchev–Trinajstić information content (AvgIpc) is 3.46. The zero-order valence-corrected chi connectivity index (χ0v) is 21.2. The van der Waals surface area contributed by atoms with Gasteiger partial charge in [0.25, 0.3) is 0 Å². The van der Waals surface area contributed by atoms with Crippen molar-refractivity contribution in [2.45, 2.75) is 78.3 Å². The van der Waals surface area contributed by atoms with Crippen LogP contribution in [0.4, 0.5) is 0 Å². The highest BCUT2D eigenvalue weighted by Crippen LogP contribution is 2.15. The number of nitrogens with zero attached hydrogens (tertiary/aromatic N) is 6. The van der Waals surface area contributed by atoms with Gasteiger partial charge in [-0.3, -0.25) is 9.59 Å². The monoisotopic (exact) mass is 489 g/mol. The Morgan fingerprint density at radius 3 is 1.92 bits per heavy atom. The highest BCUT2D eigenvalue weighted by molar-refractivity contribution is 5.79. The summed E-state index contributed by atoms with van der Waals surface area (Å²) in [5, 5.41) is 19.6. The molecule has 0 aliphatic heterocycles. The topological polar surface area (TPSA) is 108 Å². The molecule has 0 spiro atoms. The second-order valence-corrected chi connectivity index (χ2v) is 9.52. The summed E-state index contributed by atoms with van der Waals surface area (Å²) in [7, 11) is 0. The van der Waals surface area contributed by atoms with E-state index in [0.717, 1.165) is 65.3 Å². The van der Waals surface area contributed by atoms with Crippen molar-refractivity contribution >= 4 is 33.8 Å². The molecule has 0 atom stereocenters. The normalized spacial score (nSPS) is 11.4. The highest BCUT2D eigenvalue weighted by atomic mass is 16.1. The van der Waals surface area contributed by atoms with E-state index in [0.29, 0.717) is 38.9 Å². The van der Waals surface area contributed by atoms with Crippen molar-refractivity contribution in [1.82, 2.24) is 35.3 Å². The predicted molar refractivity (Wildman–Crippen MR) is 139 cm³/mol. The van der Waals surface area contributed by atoms with Crippen LogP contribution in [0.25, 0.3) is 22.1 Å². The quantitative estimate of drug-likeness (QED) is 0.265. The Morgan fingerprint density at radius 1 is 0.722 bits per heavy atom. The third kappa shape index (κ3) is 6.96. The molecular formula is C27H35N7O2. The molecule has 36 heavy (non-hydrogen) atoms. The van der Waals surface area contributed by atoms with Crippen LogP contribution in [0.1, 0.15) is 62.5 Å². The molecule has 1 amide bonds. The Morgan fingerprint density at radius 2 is 1.28 bits per heavy atom. The second kappa shape index (κ2) is 12.4. The van der Waals surface area contributed by atoms with Crippen molar-refractivity contribution in [3.8, 4) is 0 Å². The molecule has 2 heterocycles. The number of fused-ring (bicyclic) bond motifs is 2. The maximum absolute atomic E-state index is 12.3. The number of hydrogen-bond acceptors (Lipinski definition) is 6. The van der Waals surface area contributed by atoms with Crippen LogP contribution in [0.3, 0.4) is 0 Å². The van der Waals surface area contributed by atoms with Gasteiger partial charge in [-0.2, -0.15) is 0 Å². The first-order valence-electron chi connectivity index (χ1n) is 12.9. The Balaban J connectivity index is 1.02. The van der Waals surface area contributed by atoms with Gasteiger partial charge in [0.05, 0.1) is 24.1 Å². The minimum Gasteiger partial charge on any atom is -0.356 e. The zero-order chi connectivity index (χ0) is 25.3. The number of aromatic nitrogens is 6. The first kappa shape index (κ1) is 25.5. The third-order valence-electron chi connectivity index (χ3n) is 6.45. The molecule has 9 heteroatoms. The van der Waals surface area contributed by atoms with Gasteiger partial charge in [0.1, 0.15) is 16.8 Å². The van der Waals surface area contributed by atoms with Gasteiger partial charge >= 0.3 is 0 Å². The lowest BCUT2D eigenvalue weighted by atomic mass is 10.1. The molecule has 4 aromatic rings. The summed E-state index contributed by atoms with van der Waals surface area (Å²) in [4.78, 5) is 24.4. The fourth-order valence-corrected chi connectivity index (χ4v) is 4.34. The summed E-state index contributed by atoms with van der Waals surface area (Å²) in [5.41, 5.74) is 5.97. The average molecular weight is 490 g/mol. The van der Waals surface area contributed by atoms with Crippen LogP contribution in [-0.2, 0) is 22.7 Å². The molecule has 0 unspecified atom stereocenters. The molecule has 0 bridgehead atoms. The SMILES string of the molecule is Cc1ccc2nnn(CCC(=O)CCCCCCCNC(=O)CCn3nnc4ccc(C)cc43)c2c1. The van der Waals surface area contributed by atoms with Crippen molar-refractivity contribution < 1.29 is 9.59 Å². The summed E-state index contributed by atoms with van der Waals surface area (Å²) in [6, 6.07) is 12.0. The molecule has 190 valence electrons. The van der Waals surface area contributed by atoms with Crippen LogP contribution >= 0.6 is 0 Å². The van der Waals surface area contributed by atoms with Gasteiger partial charge in [0.2, 0.25) is 5.91 Å². The first-order valence-corrected chi connectivity index (χ1v) is 12.9. The van der Waals surface area contributed by atoms with E-state index in [4.69, 9.17) is 0 Å². The van der Waals surface area contributed by atoms with Crippen molar-refractivity contribution in [3.63, 3.8) is 0 Å². The van der Waals surface area contributed by atoms with E-state index < -0.39 is 0 Å². The van der Waals surface area contributed by atoms with Gasteiger partial charge in [-0.05, 0) is 62.1 Å². The third-order valence-corrected chi connectivity index (χ3v) is 6.45. The Labute approximate surface area is 211 Å². The number of unbranched alkanes of at least 4 members (excludes halogenated alkanes) is 4. The Hall–Kier alpha value is -3.62. The van der Waals surface area contributed by atoms with Crippen molar-refractivity contribution in [3.05, 3.63) is 47.5 Å². The molecule has 0 aliphatic rings. The highest BCUT2D eigenvalue weighted by Gasteiger charge is 2.09. The number of carbonyl (C=O) groups is 2. The van der Waals surface area contributed by atoms with E-state index in [1.807, 2.05) is 48.9 Å². The minimum atomic E-state index is 0.0345. The molecule has 0 fully saturated rings. The van der Waals surface area contributed by atoms with Crippen LogP contribution in [-0.4, -0.2) is 48.2 Å². The summed E-state index contributed by atoms with van der Waals surface area (Å²) in [6.45, 7) is 5.85. The van der Waals surface area contributed by atoms with Crippen LogP contribution in [0.5, 0.6) is 0 Å². The fourth-order valence-electron chi connectivity index (χ4n) is 4.34. The molecule has 2 aromatic heterocycles. The molecule has 0 aliphatic carbocycles. The number of carbonyl (C=O) groups excluding carboxylic acids is 2. The van der Waals surface area contributed by atoms with E-state index >= 15 is 0 Å². The largest absolute Gasteiger partial charge is 0.356 e. The number of nitrogens with one attached hydrogen (secondary N) is 1. The number of amides is 1. The molecule has 0 saturated carbocycles. The lowest BCUT2D eigenvalue weighted by Gasteiger charge is -2.06.